The minimum Gasteiger partial charge on any atom is -0.504 e. The number of hydrogen-bond acceptors (Lipinski definition) is 5. The number of aryl methyl sites for hydroxylation is 1. The van der Waals surface area contributed by atoms with Gasteiger partial charge in [0.05, 0.1) is 14.2 Å². The van der Waals surface area contributed by atoms with Gasteiger partial charge in [-0.05, 0) is 62.9 Å². The molecule has 3 N–H and O–H groups in total. The van der Waals surface area contributed by atoms with Gasteiger partial charge in [0.2, 0.25) is 0 Å². The van der Waals surface area contributed by atoms with Gasteiger partial charge in [0.25, 0.3) is 0 Å². The van der Waals surface area contributed by atoms with Gasteiger partial charge < -0.3 is 25.0 Å². The Morgan fingerprint density at radius 1 is 1.12 bits per heavy atom. The van der Waals surface area contributed by atoms with E-state index in [0.717, 1.165) is 24.0 Å². The van der Waals surface area contributed by atoms with Gasteiger partial charge in [-0.2, -0.15) is 0 Å². The van der Waals surface area contributed by atoms with Crippen molar-refractivity contribution in [3.63, 3.8) is 0 Å². The minimum atomic E-state index is -0.599. The largest absolute Gasteiger partial charge is 0.504 e. The van der Waals surface area contributed by atoms with Gasteiger partial charge in [0.15, 0.2) is 11.5 Å². The highest BCUT2D eigenvalue weighted by Crippen LogP contribution is 2.49. The summed E-state index contributed by atoms with van der Waals surface area (Å²) in [6, 6.07) is 3.83. The number of aliphatic hydroxyl groups excluding tert-OH is 1. The maximum atomic E-state index is 10.4. The summed E-state index contributed by atoms with van der Waals surface area (Å²) < 4.78 is 10.4. The van der Waals surface area contributed by atoms with Crippen LogP contribution in [0.5, 0.6) is 11.5 Å². The lowest BCUT2D eigenvalue weighted by Gasteiger charge is -2.37. The van der Waals surface area contributed by atoms with Crippen molar-refractivity contribution < 1.29 is 19.7 Å². The number of aliphatic hydroxyl groups is 1. The minimum absolute atomic E-state index is 0.128. The Morgan fingerprint density at radius 3 is 2.32 bits per heavy atom. The van der Waals surface area contributed by atoms with Crippen molar-refractivity contribution in [2.24, 2.45) is 5.92 Å². The molecule has 0 aromatic heterocycles. The number of aromatic hydroxyl groups is 1. The lowest BCUT2D eigenvalue weighted by molar-refractivity contribution is 0.0928. The number of rotatable bonds is 2. The molecule has 2 aliphatic rings. The fraction of sp³-hybridized carbons (Fsp3) is 0.600. The van der Waals surface area contributed by atoms with E-state index in [0.29, 0.717) is 23.8 Å². The van der Waals surface area contributed by atoms with Crippen molar-refractivity contribution in [3.05, 3.63) is 35.1 Å². The van der Waals surface area contributed by atoms with Crippen LogP contribution in [0.25, 0.3) is 0 Å². The Hall–Kier alpha value is -1.72. The summed E-state index contributed by atoms with van der Waals surface area (Å²) in [7, 11) is 6.90. The second-order valence-electron chi connectivity index (χ2n) is 6.02. The predicted molar refractivity (Wildman–Crippen MR) is 101 cm³/mol. The molecule has 0 spiro atoms. The first-order valence-electron chi connectivity index (χ1n) is 8.98. The third kappa shape index (κ3) is 4.67. The molecule has 1 aromatic rings. The maximum absolute atomic E-state index is 10.4. The molecule has 0 amide bonds. The molecule has 0 heterocycles. The zero-order chi connectivity index (χ0) is 19.0. The van der Waals surface area contributed by atoms with E-state index in [-0.39, 0.29) is 11.7 Å². The average molecular weight is 351 g/mol. The third-order valence-electron chi connectivity index (χ3n) is 4.54. The SMILES string of the molecule is CC.CNC.COC1=CC2CCc3ccc(OC)c(O)c3C2CC1O. The molecular formula is C20H33NO4. The van der Waals surface area contributed by atoms with Crippen molar-refractivity contribution in [2.75, 3.05) is 28.3 Å². The van der Waals surface area contributed by atoms with Crippen LogP contribution in [0, 0.1) is 5.92 Å². The average Bonchev–Trinajstić information content (AvgIpc) is 2.63. The lowest BCUT2D eigenvalue weighted by atomic mass is 9.69. The van der Waals surface area contributed by atoms with Gasteiger partial charge in [-0.25, -0.2) is 0 Å². The van der Waals surface area contributed by atoms with Crippen LogP contribution in [0.15, 0.2) is 24.0 Å². The number of phenols is 1. The van der Waals surface area contributed by atoms with Crippen LogP contribution in [0.2, 0.25) is 0 Å². The molecule has 0 fully saturated rings. The van der Waals surface area contributed by atoms with Crippen molar-refractivity contribution in [1.29, 1.82) is 0 Å². The molecule has 5 heteroatoms. The smallest absolute Gasteiger partial charge is 0.161 e. The van der Waals surface area contributed by atoms with Gasteiger partial charge in [-0.1, -0.05) is 19.9 Å². The quantitative estimate of drug-likeness (QED) is 0.763. The standard InChI is InChI=1S/C16H20O4.C2H7N.C2H6/c1-19-13-6-5-9-3-4-10-7-14(20-2)12(17)8-11(10)15(9)16(13)18;1-3-2;1-2/h5-7,10-12,17-18H,3-4,8H2,1-2H3;3H,1-2H3;1-2H3. The lowest BCUT2D eigenvalue weighted by Crippen LogP contribution is -2.30. The van der Waals surface area contributed by atoms with Crippen molar-refractivity contribution >= 4 is 0 Å². The molecule has 0 aliphatic heterocycles. The first-order chi connectivity index (χ1) is 12.1. The van der Waals surface area contributed by atoms with Gasteiger partial charge in [-0.15, -0.1) is 0 Å². The Balaban J connectivity index is 0.000000567. The molecule has 25 heavy (non-hydrogen) atoms. The number of ether oxygens (including phenoxy) is 2. The summed E-state index contributed by atoms with van der Waals surface area (Å²) in [4.78, 5) is 0. The van der Waals surface area contributed by atoms with Crippen LogP contribution < -0.4 is 10.1 Å². The molecule has 0 saturated carbocycles. The summed E-state index contributed by atoms with van der Waals surface area (Å²) in [6.07, 6.45) is 3.94. The van der Waals surface area contributed by atoms with E-state index in [9.17, 15) is 10.2 Å². The summed E-state index contributed by atoms with van der Waals surface area (Å²) in [5.74, 6) is 1.81. The van der Waals surface area contributed by atoms with Crippen LogP contribution in [0.3, 0.4) is 0 Å². The third-order valence-corrected chi connectivity index (χ3v) is 4.54. The van der Waals surface area contributed by atoms with Crippen molar-refractivity contribution in [2.45, 2.75) is 45.1 Å². The number of phenolic OH excluding ortho intramolecular Hbond substituents is 1. The molecule has 3 atom stereocenters. The molecule has 0 radical (unpaired) electrons. The molecule has 2 aliphatic carbocycles. The molecule has 3 unspecified atom stereocenters. The van der Waals surface area contributed by atoms with Crippen molar-refractivity contribution in [3.8, 4) is 11.5 Å². The zero-order valence-electron chi connectivity index (χ0n) is 16.3. The zero-order valence-corrected chi connectivity index (χ0v) is 16.3. The van der Waals surface area contributed by atoms with Crippen LogP contribution in [-0.4, -0.2) is 44.6 Å². The van der Waals surface area contributed by atoms with E-state index in [1.807, 2.05) is 46.2 Å². The first-order valence-corrected chi connectivity index (χ1v) is 8.98. The summed E-state index contributed by atoms with van der Waals surface area (Å²) in [5, 5.41) is 23.3. The van der Waals surface area contributed by atoms with Gasteiger partial charge >= 0.3 is 0 Å². The normalized spacial score (nSPS) is 23.5. The van der Waals surface area contributed by atoms with E-state index in [4.69, 9.17) is 9.47 Å². The topological polar surface area (TPSA) is 71.0 Å². The molecule has 0 saturated heterocycles. The van der Waals surface area contributed by atoms with E-state index in [2.05, 4.69) is 5.32 Å². The van der Waals surface area contributed by atoms with Gasteiger partial charge in [0, 0.05) is 5.56 Å². The van der Waals surface area contributed by atoms with Gasteiger partial charge in [-0.3, -0.25) is 0 Å². The second kappa shape index (κ2) is 10.3. The molecular weight excluding hydrogens is 318 g/mol. The number of allylic oxidation sites excluding steroid dienone is 1. The van der Waals surface area contributed by atoms with E-state index in [1.54, 1.807) is 14.2 Å². The van der Waals surface area contributed by atoms with Crippen molar-refractivity contribution in [1.82, 2.24) is 5.32 Å². The van der Waals surface area contributed by atoms with Crippen LogP contribution >= 0.6 is 0 Å². The number of methoxy groups -OCH3 is 2. The Bertz CT molecular complexity index is 571. The summed E-state index contributed by atoms with van der Waals surface area (Å²) >= 11 is 0. The van der Waals surface area contributed by atoms with Crippen LogP contribution in [0.1, 0.15) is 43.7 Å². The molecule has 3 rings (SSSR count). The Kier molecular flexibility index (Phi) is 8.79. The predicted octanol–water partition coefficient (Wildman–Crippen LogP) is 3.20. The molecule has 5 nitrogen and oxygen atoms in total. The Morgan fingerprint density at radius 2 is 1.76 bits per heavy atom. The van der Waals surface area contributed by atoms with Gasteiger partial charge in [0.1, 0.15) is 11.9 Å². The number of nitrogens with one attached hydrogen (secondary N) is 1. The second-order valence-corrected chi connectivity index (χ2v) is 6.02. The maximum Gasteiger partial charge on any atom is 0.161 e. The van der Waals surface area contributed by atoms with E-state index in [1.165, 1.54) is 0 Å². The molecule has 0 bridgehead atoms. The fourth-order valence-corrected chi connectivity index (χ4v) is 3.54. The summed E-state index contributed by atoms with van der Waals surface area (Å²) in [5.41, 5.74) is 2.09. The fourth-order valence-electron chi connectivity index (χ4n) is 3.54. The van der Waals surface area contributed by atoms with Crippen LogP contribution in [0.4, 0.5) is 0 Å². The number of hydrogen-bond donors (Lipinski definition) is 3. The summed E-state index contributed by atoms with van der Waals surface area (Å²) in [6.45, 7) is 4.00. The Labute approximate surface area is 151 Å². The van der Waals surface area contributed by atoms with Crippen LogP contribution in [-0.2, 0) is 11.2 Å². The van der Waals surface area contributed by atoms with E-state index >= 15 is 0 Å². The molecule has 1 aromatic carbocycles. The molecule has 142 valence electrons. The van der Waals surface area contributed by atoms with E-state index < -0.39 is 6.10 Å². The highest BCUT2D eigenvalue weighted by Gasteiger charge is 2.37. The number of benzene rings is 1. The highest BCUT2D eigenvalue weighted by atomic mass is 16.5. The monoisotopic (exact) mass is 351 g/mol. The first kappa shape index (κ1) is 21.3. The number of fused-ring (bicyclic) bond motifs is 3. The highest BCUT2D eigenvalue weighted by molar-refractivity contribution is 5.53.